The van der Waals surface area contributed by atoms with Crippen molar-refractivity contribution in [3.63, 3.8) is 0 Å². The summed E-state index contributed by atoms with van der Waals surface area (Å²) in [6.07, 6.45) is 12.6. The molecule has 0 aromatic heterocycles. The van der Waals surface area contributed by atoms with E-state index in [1.54, 1.807) is 6.07 Å². The summed E-state index contributed by atoms with van der Waals surface area (Å²) >= 11 is 0. The molecule has 1 unspecified atom stereocenters. The van der Waals surface area contributed by atoms with Crippen molar-refractivity contribution < 1.29 is 18.3 Å². The summed E-state index contributed by atoms with van der Waals surface area (Å²) in [4.78, 5) is 0. The number of unbranched alkanes of at least 4 members (excludes halogenated alkanes) is 6. The number of halogens is 2. The van der Waals surface area contributed by atoms with Gasteiger partial charge < -0.3 is 9.47 Å². The molecular formula is C25H42F2O2. The summed E-state index contributed by atoms with van der Waals surface area (Å²) in [5.74, 6) is -1.74. The smallest absolute Gasteiger partial charge is 0.168 e. The van der Waals surface area contributed by atoms with E-state index in [0.29, 0.717) is 19.1 Å². The number of hydrogen-bond acceptors (Lipinski definition) is 2. The molecule has 0 fully saturated rings. The van der Waals surface area contributed by atoms with Gasteiger partial charge in [-0.25, -0.2) is 8.78 Å². The fourth-order valence-electron chi connectivity index (χ4n) is 4.11. The maximum atomic E-state index is 13.4. The molecule has 1 atom stereocenters. The van der Waals surface area contributed by atoms with Gasteiger partial charge in [0.1, 0.15) is 0 Å². The normalized spacial score (nSPS) is 13.0. The van der Waals surface area contributed by atoms with Gasteiger partial charge in [-0.15, -0.1) is 0 Å². The van der Waals surface area contributed by atoms with Gasteiger partial charge in [0.15, 0.2) is 17.4 Å². The highest BCUT2D eigenvalue weighted by atomic mass is 19.2. The van der Waals surface area contributed by atoms with Crippen LogP contribution >= 0.6 is 0 Å². The van der Waals surface area contributed by atoms with E-state index < -0.39 is 17.4 Å². The van der Waals surface area contributed by atoms with Crippen LogP contribution in [-0.2, 0) is 15.9 Å². The van der Waals surface area contributed by atoms with Crippen molar-refractivity contribution in [1.29, 1.82) is 0 Å². The molecule has 0 saturated carbocycles. The molecule has 1 rings (SSSR count). The quantitative estimate of drug-likeness (QED) is 0.192. The van der Waals surface area contributed by atoms with Crippen LogP contribution in [0.3, 0.4) is 0 Å². The summed E-state index contributed by atoms with van der Waals surface area (Å²) in [6.45, 7) is 9.63. The van der Waals surface area contributed by atoms with Crippen LogP contribution in [0.5, 0.6) is 0 Å². The molecule has 1 aromatic rings. The molecule has 4 heteroatoms. The number of rotatable bonds is 17. The van der Waals surface area contributed by atoms with Gasteiger partial charge in [0.25, 0.3) is 0 Å². The van der Waals surface area contributed by atoms with Crippen LogP contribution in [0, 0.1) is 17.6 Å². The average Bonchev–Trinajstić information content (AvgIpc) is 2.69. The zero-order valence-electron chi connectivity index (χ0n) is 19.1. The van der Waals surface area contributed by atoms with Gasteiger partial charge in [0.05, 0.1) is 0 Å². The molecule has 0 saturated heterocycles. The summed E-state index contributed by atoms with van der Waals surface area (Å²) in [6, 6.07) is 4.21. The second kappa shape index (κ2) is 14.9. The zero-order chi connectivity index (χ0) is 21.5. The largest absolute Gasteiger partial charge is 0.350 e. The van der Waals surface area contributed by atoms with E-state index in [1.165, 1.54) is 50.7 Å². The molecule has 0 spiro atoms. The van der Waals surface area contributed by atoms with Crippen LogP contribution < -0.4 is 0 Å². The first-order valence-corrected chi connectivity index (χ1v) is 11.7. The standard InChI is InChI=1S/C25H42F2O2/c1-5-8-9-10-11-12-16-22(25(4,28-6-2)29-7-3)17-14-13-15-21-18-19-23(26)24(27)20-21/h18-20,22H,5-17H2,1-4H3. The van der Waals surface area contributed by atoms with Crippen molar-refractivity contribution in [3.05, 3.63) is 35.4 Å². The predicted octanol–water partition coefficient (Wildman–Crippen LogP) is 7.83. The van der Waals surface area contributed by atoms with Crippen LogP contribution in [-0.4, -0.2) is 19.0 Å². The Kier molecular flexibility index (Phi) is 13.4. The first-order valence-electron chi connectivity index (χ1n) is 11.7. The Morgan fingerprint density at radius 3 is 1.97 bits per heavy atom. The number of benzene rings is 1. The highest BCUT2D eigenvalue weighted by molar-refractivity contribution is 5.17. The van der Waals surface area contributed by atoms with Crippen LogP contribution in [0.4, 0.5) is 8.78 Å². The van der Waals surface area contributed by atoms with E-state index in [0.717, 1.165) is 37.7 Å². The molecule has 2 nitrogen and oxygen atoms in total. The third-order valence-corrected chi connectivity index (χ3v) is 5.76. The molecule has 0 aliphatic heterocycles. The van der Waals surface area contributed by atoms with Crippen molar-refractivity contribution in [3.8, 4) is 0 Å². The highest BCUT2D eigenvalue weighted by Gasteiger charge is 2.34. The molecule has 168 valence electrons. The molecule has 0 radical (unpaired) electrons. The first kappa shape index (κ1) is 26.0. The Labute approximate surface area is 177 Å². The SMILES string of the molecule is CCCCCCCCC(CCCCc1ccc(F)c(F)c1)C(C)(OCC)OCC. The monoisotopic (exact) mass is 412 g/mol. The lowest BCUT2D eigenvalue weighted by Gasteiger charge is -2.37. The van der Waals surface area contributed by atoms with Crippen LogP contribution in [0.2, 0.25) is 0 Å². The lowest BCUT2D eigenvalue weighted by Crippen LogP contribution is -2.41. The number of hydrogen-bond donors (Lipinski definition) is 0. The highest BCUT2D eigenvalue weighted by Crippen LogP contribution is 2.33. The maximum absolute atomic E-state index is 13.4. The van der Waals surface area contributed by atoms with Gasteiger partial charge in [-0.2, -0.15) is 0 Å². The zero-order valence-corrected chi connectivity index (χ0v) is 19.1. The molecular weight excluding hydrogens is 370 g/mol. The molecule has 0 amide bonds. The Balaban J connectivity index is 2.55. The molecule has 1 aromatic carbocycles. The van der Waals surface area contributed by atoms with E-state index in [4.69, 9.17) is 9.47 Å². The number of ether oxygens (including phenoxy) is 2. The second-order valence-electron chi connectivity index (χ2n) is 8.13. The maximum Gasteiger partial charge on any atom is 0.168 e. The van der Waals surface area contributed by atoms with Gasteiger partial charge in [-0.1, -0.05) is 57.9 Å². The minimum absolute atomic E-state index is 0.346. The van der Waals surface area contributed by atoms with Crippen LogP contribution in [0.25, 0.3) is 0 Å². The summed E-state index contributed by atoms with van der Waals surface area (Å²) in [5.41, 5.74) is 0.855. The van der Waals surface area contributed by atoms with Crippen molar-refractivity contribution >= 4 is 0 Å². The fourth-order valence-corrected chi connectivity index (χ4v) is 4.11. The third-order valence-electron chi connectivity index (χ3n) is 5.76. The summed E-state index contributed by atoms with van der Waals surface area (Å²) in [7, 11) is 0. The van der Waals surface area contributed by atoms with Gasteiger partial charge in [0, 0.05) is 19.1 Å². The minimum Gasteiger partial charge on any atom is -0.350 e. The van der Waals surface area contributed by atoms with E-state index in [1.807, 2.05) is 13.8 Å². The van der Waals surface area contributed by atoms with Crippen molar-refractivity contribution in [2.75, 3.05) is 13.2 Å². The Bertz CT molecular complexity index is 542. The Hall–Kier alpha value is -1.00. The lowest BCUT2D eigenvalue weighted by molar-refractivity contribution is -0.254. The molecule has 29 heavy (non-hydrogen) atoms. The fraction of sp³-hybridized carbons (Fsp3) is 0.760. The van der Waals surface area contributed by atoms with Crippen molar-refractivity contribution in [1.82, 2.24) is 0 Å². The van der Waals surface area contributed by atoms with Crippen LogP contribution in [0.1, 0.15) is 97.5 Å². The van der Waals surface area contributed by atoms with E-state index in [9.17, 15) is 8.78 Å². The summed E-state index contributed by atoms with van der Waals surface area (Å²) in [5, 5.41) is 0. The Morgan fingerprint density at radius 2 is 1.38 bits per heavy atom. The van der Waals surface area contributed by atoms with Crippen molar-refractivity contribution in [2.24, 2.45) is 5.92 Å². The van der Waals surface area contributed by atoms with Gasteiger partial charge in [-0.05, 0) is 64.2 Å². The van der Waals surface area contributed by atoms with E-state index in [2.05, 4.69) is 13.8 Å². The molecule has 0 aliphatic carbocycles. The minimum atomic E-state index is -0.781. The predicted molar refractivity (Wildman–Crippen MR) is 117 cm³/mol. The molecule has 0 bridgehead atoms. The third kappa shape index (κ3) is 10.0. The molecule has 0 N–H and O–H groups in total. The van der Waals surface area contributed by atoms with Gasteiger partial charge in [-0.3, -0.25) is 0 Å². The summed E-state index contributed by atoms with van der Waals surface area (Å²) < 4.78 is 38.6. The molecule has 0 heterocycles. The lowest BCUT2D eigenvalue weighted by atomic mass is 9.87. The average molecular weight is 413 g/mol. The van der Waals surface area contributed by atoms with Gasteiger partial charge >= 0.3 is 0 Å². The molecule has 0 aliphatic rings. The van der Waals surface area contributed by atoms with Crippen LogP contribution in [0.15, 0.2) is 18.2 Å². The Morgan fingerprint density at radius 1 is 0.793 bits per heavy atom. The topological polar surface area (TPSA) is 18.5 Å². The van der Waals surface area contributed by atoms with Gasteiger partial charge in [0.2, 0.25) is 0 Å². The first-order chi connectivity index (χ1) is 14.0. The second-order valence-corrected chi connectivity index (χ2v) is 8.13. The van der Waals surface area contributed by atoms with E-state index in [-0.39, 0.29) is 0 Å². The number of aryl methyl sites for hydroxylation is 1. The van der Waals surface area contributed by atoms with E-state index >= 15 is 0 Å². The van der Waals surface area contributed by atoms with Crippen molar-refractivity contribution in [2.45, 2.75) is 104 Å².